The molecule has 3 saturated heterocycles. The fourth-order valence-corrected chi connectivity index (χ4v) is 3.48. The van der Waals surface area contributed by atoms with Crippen molar-refractivity contribution < 1.29 is 9.21 Å². The van der Waals surface area contributed by atoms with Crippen molar-refractivity contribution in [1.29, 1.82) is 0 Å². The number of furan rings is 1. The third-order valence-corrected chi connectivity index (χ3v) is 4.69. The van der Waals surface area contributed by atoms with Gasteiger partial charge in [0.15, 0.2) is 0 Å². The lowest BCUT2D eigenvalue weighted by molar-refractivity contribution is 0.0620. The molecule has 2 aromatic rings. The topological polar surface area (TPSA) is 45.5 Å². The summed E-state index contributed by atoms with van der Waals surface area (Å²) in [6.07, 6.45) is 4.07. The zero-order valence-electron chi connectivity index (χ0n) is 11.3. The highest BCUT2D eigenvalue weighted by atomic mass is 16.3. The van der Waals surface area contributed by atoms with Crippen molar-refractivity contribution in [3.05, 3.63) is 36.1 Å². The summed E-state index contributed by atoms with van der Waals surface area (Å²) in [5, 5.41) is 4.23. The van der Waals surface area contributed by atoms with Gasteiger partial charge in [0.05, 0.1) is 6.26 Å². The Morgan fingerprint density at radius 1 is 1.25 bits per heavy atom. The average molecular weight is 270 g/mol. The molecule has 3 fully saturated rings. The van der Waals surface area contributed by atoms with Crippen LogP contribution in [0.2, 0.25) is 0 Å². The first kappa shape index (κ1) is 12.0. The lowest BCUT2D eigenvalue weighted by atomic mass is 9.84. The molecule has 4 heterocycles. The number of rotatable bonds is 2. The molecule has 20 heavy (non-hydrogen) atoms. The fourth-order valence-electron chi connectivity index (χ4n) is 3.48. The van der Waals surface area contributed by atoms with Crippen LogP contribution in [0, 0.1) is 5.92 Å². The molecule has 5 rings (SSSR count). The molecule has 1 aromatic carbocycles. The lowest BCUT2D eigenvalue weighted by Gasteiger charge is -2.44. The number of fused-ring (bicyclic) bond motifs is 4. The molecule has 1 N–H and O–H groups in total. The van der Waals surface area contributed by atoms with Crippen LogP contribution in [-0.4, -0.2) is 36.5 Å². The van der Waals surface area contributed by atoms with Crippen LogP contribution < -0.4 is 5.32 Å². The summed E-state index contributed by atoms with van der Waals surface area (Å²) >= 11 is 0. The number of nitrogens with zero attached hydrogens (tertiary/aromatic N) is 1. The minimum atomic E-state index is 0.0158. The van der Waals surface area contributed by atoms with Crippen molar-refractivity contribution in [1.82, 2.24) is 10.2 Å². The van der Waals surface area contributed by atoms with Crippen molar-refractivity contribution in [2.24, 2.45) is 5.92 Å². The van der Waals surface area contributed by atoms with E-state index < -0.39 is 0 Å². The van der Waals surface area contributed by atoms with Gasteiger partial charge < -0.3 is 14.6 Å². The van der Waals surface area contributed by atoms with Gasteiger partial charge in [-0.2, -0.15) is 0 Å². The summed E-state index contributed by atoms with van der Waals surface area (Å²) in [5.74, 6) is 0.665. The standard InChI is InChI=1S/C16H18N2O2/c19-16(13-2-1-12-5-8-20-15(12)9-13)17-14-10-18-6-3-11(14)4-7-18/h1-2,5,8-9,11,14H,3-4,6-7,10H2,(H,17,19). The number of carbonyl (C=O) groups excluding carboxylic acids is 1. The zero-order chi connectivity index (χ0) is 13.5. The maximum Gasteiger partial charge on any atom is 0.251 e. The first-order chi connectivity index (χ1) is 9.79. The highest BCUT2D eigenvalue weighted by Gasteiger charge is 2.34. The van der Waals surface area contributed by atoms with Crippen molar-refractivity contribution in [2.75, 3.05) is 19.6 Å². The summed E-state index contributed by atoms with van der Waals surface area (Å²) in [6.45, 7) is 3.38. The number of hydrogen-bond acceptors (Lipinski definition) is 3. The van der Waals surface area contributed by atoms with Crippen LogP contribution in [0.3, 0.4) is 0 Å². The summed E-state index contributed by atoms with van der Waals surface area (Å²) in [4.78, 5) is 14.8. The van der Waals surface area contributed by atoms with Crippen LogP contribution in [0.25, 0.3) is 11.0 Å². The van der Waals surface area contributed by atoms with Crippen molar-refractivity contribution in [3.8, 4) is 0 Å². The summed E-state index contributed by atoms with van der Waals surface area (Å²) in [7, 11) is 0. The van der Waals surface area contributed by atoms with Gasteiger partial charge in [0, 0.05) is 23.5 Å². The smallest absolute Gasteiger partial charge is 0.251 e. The van der Waals surface area contributed by atoms with E-state index >= 15 is 0 Å². The molecule has 1 amide bonds. The Hall–Kier alpha value is -1.81. The Balaban J connectivity index is 1.52. The van der Waals surface area contributed by atoms with Crippen molar-refractivity contribution >= 4 is 16.9 Å². The predicted octanol–water partition coefficient (Wildman–Crippen LogP) is 2.26. The van der Waals surface area contributed by atoms with E-state index in [-0.39, 0.29) is 5.91 Å². The molecule has 1 atom stereocenters. The molecule has 0 aliphatic carbocycles. The monoisotopic (exact) mass is 270 g/mol. The van der Waals surface area contributed by atoms with Gasteiger partial charge in [-0.15, -0.1) is 0 Å². The van der Waals surface area contributed by atoms with Crippen LogP contribution in [0.5, 0.6) is 0 Å². The number of benzene rings is 1. The fraction of sp³-hybridized carbons (Fsp3) is 0.438. The van der Waals surface area contributed by atoms with E-state index in [1.807, 2.05) is 24.3 Å². The molecule has 2 bridgehead atoms. The van der Waals surface area contributed by atoms with Crippen LogP contribution in [0.4, 0.5) is 0 Å². The Kier molecular flexibility index (Phi) is 2.77. The zero-order valence-corrected chi connectivity index (χ0v) is 11.3. The van der Waals surface area contributed by atoms with E-state index in [4.69, 9.17) is 4.42 Å². The molecular weight excluding hydrogens is 252 g/mol. The number of hydrogen-bond donors (Lipinski definition) is 1. The van der Waals surface area contributed by atoms with Gasteiger partial charge in [-0.25, -0.2) is 0 Å². The first-order valence-electron chi connectivity index (χ1n) is 7.30. The Morgan fingerprint density at radius 3 is 2.85 bits per heavy atom. The second-order valence-electron chi connectivity index (χ2n) is 5.89. The summed E-state index contributed by atoms with van der Waals surface area (Å²) in [6, 6.07) is 7.84. The van der Waals surface area contributed by atoms with Gasteiger partial charge >= 0.3 is 0 Å². The lowest BCUT2D eigenvalue weighted by Crippen LogP contribution is -2.57. The second kappa shape index (κ2) is 4.63. The Morgan fingerprint density at radius 2 is 2.10 bits per heavy atom. The molecule has 4 heteroatoms. The number of nitrogens with one attached hydrogen (secondary N) is 1. The van der Waals surface area contributed by atoms with Gasteiger partial charge in [-0.3, -0.25) is 4.79 Å². The third kappa shape index (κ3) is 2.00. The summed E-state index contributed by atoms with van der Waals surface area (Å²) < 4.78 is 5.36. The molecule has 0 saturated carbocycles. The van der Waals surface area contributed by atoms with Crippen LogP contribution >= 0.6 is 0 Å². The maximum absolute atomic E-state index is 12.4. The third-order valence-electron chi connectivity index (χ3n) is 4.69. The average Bonchev–Trinajstić information content (AvgIpc) is 2.96. The largest absolute Gasteiger partial charge is 0.464 e. The molecule has 3 aliphatic heterocycles. The number of carbonyl (C=O) groups is 1. The van der Waals surface area contributed by atoms with Crippen molar-refractivity contribution in [2.45, 2.75) is 18.9 Å². The SMILES string of the molecule is O=C(NC1CN2CCC1CC2)c1ccc2ccoc2c1. The van der Waals surface area contributed by atoms with E-state index in [1.165, 1.54) is 25.9 Å². The van der Waals surface area contributed by atoms with Crippen LogP contribution in [-0.2, 0) is 0 Å². The second-order valence-corrected chi connectivity index (χ2v) is 5.89. The normalized spacial score (nSPS) is 28.7. The molecular formula is C16H18N2O2. The van der Waals surface area contributed by atoms with Crippen LogP contribution in [0.15, 0.2) is 34.9 Å². The number of amides is 1. The molecule has 4 nitrogen and oxygen atoms in total. The minimum absolute atomic E-state index is 0.0158. The van der Waals surface area contributed by atoms with E-state index in [9.17, 15) is 4.79 Å². The van der Waals surface area contributed by atoms with Gasteiger partial charge in [0.2, 0.25) is 0 Å². The minimum Gasteiger partial charge on any atom is -0.464 e. The Labute approximate surface area is 117 Å². The van der Waals surface area contributed by atoms with Gasteiger partial charge in [-0.05, 0) is 50.0 Å². The molecule has 0 spiro atoms. The van der Waals surface area contributed by atoms with Gasteiger partial charge in [0.1, 0.15) is 5.58 Å². The van der Waals surface area contributed by atoms with Crippen molar-refractivity contribution in [3.63, 3.8) is 0 Å². The molecule has 0 radical (unpaired) electrons. The first-order valence-corrected chi connectivity index (χ1v) is 7.30. The van der Waals surface area contributed by atoms with E-state index in [1.54, 1.807) is 6.26 Å². The highest BCUT2D eigenvalue weighted by molar-refractivity contribution is 5.97. The summed E-state index contributed by atoms with van der Waals surface area (Å²) in [5.41, 5.74) is 1.45. The quantitative estimate of drug-likeness (QED) is 0.910. The molecule has 1 unspecified atom stereocenters. The number of piperidine rings is 3. The highest BCUT2D eigenvalue weighted by Crippen LogP contribution is 2.27. The van der Waals surface area contributed by atoms with Crippen LogP contribution in [0.1, 0.15) is 23.2 Å². The molecule has 3 aliphatic rings. The predicted molar refractivity (Wildman–Crippen MR) is 76.6 cm³/mol. The molecule has 1 aromatic heterocycles. The van der Waals surface area contributed by atoms with E-state index in [2.05, 4.69) is 10.2 Å². The van der Waals surface area contributed by atoms with Gasteiger partial charge in [0.25, 0.3) is 5.91 Å². The van der Waals surface area contributed by atoms with E-state index in [0.717, 1.165) is 17.5 Å². The molecule has 104 valence electrons. The van der Waals surface area contributed by atoms with Gasteiger partial charge in [-0.1, -0.05) is 6.07 Å². The maximum atomic E-state index is 12.4. The van der Waals surface area contributed by atoms with E-state index in [0.29, 0.717) is 17.5 Å². The Bertz CT molecular complexity index is 641.